The fourth-order valence-corrected chi connectivity index (χ4v) is 4.02. The first-order valence-electron chi connectivity index (χ1n) is 11.1. The first-order chi connectivity index (χ1) is 16.2. The lowest BCUT2D eigenvalue weighted by Crippen LogP contribution is -2.24. The lowest BCUT2D eigenvalue weighted by Gasteiger charge is -2.19. The van der Waals surface area contributed by atoms with Crippen LogP contribution in [0.25, 0.3) is 33.5 Å². The van der Waals surface area contributed by atoms with E-state index in [1.165, 1.54) is 0 Å². The smallest absolute Gasteiger partial charge is 0.259 e. The molecular weight excluding hydrogens is 408 g/mol. The summed E-state index contributed by atoms with van der Waals surface area (Å²) in [7, 11) is 1.64. The number of pyridine rings is 1. The molecular formula is C29H26N2O2. The highest BCUT2D eigenvalue weighted by Crippen LogP contribution is 2.34. The van der Waals surface area contributed by atoms with E-state index in [1.54, 1.807) is 19.2 Å². The molecule has 0 aliphatic rings. The number of ether oxygens (including phenoxy) is 1. The van der Waals surface area contributed by atoms with Crippen molar-refractivity contribution in [2.45, 2.75) is 26.3 Å². The highest BCUT2D eigenvalue weighted by molar-refractivity contribution is 5.85. The Hall–Kier alpha value is -4.10. The predicted octanol–water partition coefficient (Wildman–Crippen LogP) is 6.53. The Labute approximate surface area is 194 Å². The van der Waals surface area contributed by atoms with Gasteiger partial charge in [0.05, 0.1) is 30.0 Å². The average Bonchev–Trinajstić information content (AvgIpc) is 2.88. The number of hydrogen-bond donors (Lipinski definition) is 0. The van der Waals surface area contributed by atoms with Crippen molar-refractivity contribution in [1.82, 2.24) is 4.57 Å². The number of hydrogen-bond acceptors (Lipinski definition) is 3. The van der Waals surface area contributed by atoms with Gasteiger partial charge < -0.3 is 9.30 Å². The zero-order chi connectivity index (χ0) is 23.2. The topological polar surface area (TPSA) is 55.0 Å². The summed E-state index contributed by atoms with van der Waals surface area (Å²) in [6, 6.07) is 29.3. The molecule has 4 heteroatoms. The predicted molar refractivity (Wildman–Crippen MR) is 133 cm³/mol. The molecule has 0 aliphatic heterocycles. The van der Waals surface area contributed by atoms with Crippen LogP contribution < -0.4 is 10.3 Å². The number of nitriles is 1. The second-order valence-electron chi connectivity index (χ2n) is 7.91. The first kappa shape index (κ1) is 22.1. The fourth-order valence-electron chi connectivity index (χ4n) is 4.02. The van der Waals surface area contributed by atoms with Crippen LogP contribution in [0.4, 0.5) is 0 Å². The van der Waals surface area contributed by atoms with E-state index in [0.717, 1.165) is 46.5 Å². The molecule has 0 aliphatic carbocycles. The standard InChI is InChI=1S/C29H26N2O2/c1-3-4-18-31-27(23-14-16-25(33-2)17-15-23)19-26(22-8-6-5-7-9-22)28(29(31)32)24-12-10-21(20-30)11-13-24/h5-17,19H,3-4,18H2,1-2H3. The monoisotopic (exact) mass is 434 g/mol. The Morgan fingerprint density at radius 1 is 0.879 bits per heavy atom. The van der Waals surface area contributed by atoms with Crippen molar-refractivity contribution < 1.29 is 4.74 Å². The van der Waals surface area contributed by atoms with Gasteiger partial charge in [-0.15, -0.1) is 0 Å². The number of unbranched alkanes of at least 4 members (excludes halogenated alkanes) is 1. The SMILES string of the molecule is CCCCn1c(-c2ccc(OC)cc2)cc(-c2ccccc2)c(-c2ccc(C#N)cc2)c1=O. The largest absolute Gasteiger partial charge is 0.497 e. The summed E-state index contributed by atoms with van der Waals surface area (Å²) in [6.07, 6.45) is 1.89. The second kappa shape index (κ2) is 10.0. The molecule has 0 amide bonds. The lowest BCUT2D eigenvalue weighted by molar-refractivity contribution is 0.415. The van der Waals surface area contributed by atoms with Gasteiger partial charge >= 0.3 is 0 Å². The molecule has 0 radical (unpaired) electrons. The zero-order valence-electron chi connectivity index (χ0n) is 18.9. The maximum absolute atomic E-state index is 14.0. The molecule has 0 saturated heterocycles. The van der Waals surface area contributed by atoms with E-state index in [0.29, 0.717) is 17.7 Å². The minimum absolute atomic E-state index is 0.0275. The summed E-state index contributed by atoms with van der Waals surface area (Å²) in [6.45, 7) is 2.76. The van der Waals surface area contributed by atoms with Crippen molar-refractivity contribution in [1.29, 1.82) is 5.26 Å². The van der Waals surface area contributed by atoms with Crippen molar-refractivity contribution in [3.05, 3.63) is 101 Å². The van der Waals surface area contributed by atoms with Gasteiger partial charge in [-0.25, -0.2) is 0 Å². The third-order valence-corrected chi connectivity index (χ3v) is 5.81. The maximum Gasteiger partial charge on any atom is 0.259 e. The van der Waals surface area contributed by atoms with Crippen molar-refractivity contribution in [3.63, 3.8) is 0 Å². The lowest BCUT2D eigenvalue weighted by atomic mass is 9.93. The average molecular weight is 435 g/mol. The van der Waals surface area contributed by atoms with Gasteiger partial charge in [0, 0.05) is 6.54 Å². The summed E-state index contributed by atoms with van der Waals surface area (Å²) in [4.78, 5) is 14.0. The quantitative estimate of drug-likeness (QED) is 0.332. The van der Waals surface area contributed by atoms with Crippen LogP contribution in [0.5, 0.6) is 5.75 Å². The van der Waals surface area contributed by atoms with Crippen LogP contribution in [0.1, 0.15) is 25.3 Å². The fraction of sp³-hybridized carbons (Fsp3) is 0.172. The van der Waals surface area contributed by atoms with Crippen LogP contribution in [-0.2, 0) is 6.54 Å². The molecule has 4 rings (SSSR count). The Kier molecular flexibility index (Phi) is 6.71. The van der Waals surface area contributed by atoms with E-state index in [-0.39, 0.29) is 5.56 Å². The maximum atomic E-state index is 14.0. The minimum Gasteiger partial charge on any atom is -0.497 e. The Morgan fingerprint density at radius 2 is 1.55 bits per heavy atom. The molecule has 164 valence electrons. The molecule has 0 saturated carbocycles. The van der Waals surface area contributed by atoms with Gasteiger partial charge in [-0.2, -0.15) is 5.26 Å². The third kappa shape index (κ3) is 4.58. The van der Waals surface area contributed by atoms with Crippen molar-refractivity contribution in [2.75, 3.05) is 7.11 Å². The molecule has 0 bridgehead atoms. The second-order valence-corrected chi connectivity index (χ2v) is 7.91. The first-order valence-corrected chi connectivity index (χ1v) is 11.1. The molecule has 0 unspecified atom stereocenters. The van der Waals surface area contributed by atoms with Gasteiger partial charge in [-0.05, 0) is 71.1 Å². The van der Waals surface area contributed by atoms with Crippen LogP contribution >= 0.6 is 0 Å². The van der Waals surface area contributed by atoms with Gasteiger partial charge in [0.15, 0.2) is 0 Å². The minimum atomic E-state index is -0.0275. The Balaban J connectivity index is 2.02. The number of aromatic nitrogens is 1. The molecule has 3 aromatic carbocycles. The highest BCUT2D eigenvalue weighted by Gasteiger charge is 2.19. The van der Waals surface area contributed by atoms with E-state index in [2.05, 4.69) is 19.1 Å². The molecule has 1 aromatic heterocycles. The summed E-state index contributed by atoms with van der Waals surface area (Å²) in [5.41, 5.74) is 5.71. The van der Waals surface area contributed by atoms with Crippen molar-refractivity contribution in [2.24, 2.45) is 0 Å². The number of nitrogens with zero attached hydrogens (tertiary/aromatic N) is 2. The number of rotatable bonds is 7. The molecule has 0 spiro atoms. The Bertz CT molecular complexity index is 1330. The summed E-state index contributed by atoms with van der Waals surface area (Å²) < 4.78 is 7.20. The normalized spacial score (nSPS) is 10.6. The third-order valence-electron chi connectivity index (χ3n) is 5.81. The van der Waals surface area contributed by atoms with Crippen molar-refractivity contribution >= 4 is 0 Å². The summed E-state index contributed by atoms with van der Waals surface area (Å²) in [5.74, 6) is 0.777. The molecule has 4 nitrogen and oxygen atoms in total. The summed E-state index contributed by atoms with van der Waals surface area (Å²) in [5, 5.41) is 9.20. The van der Waals surface area contributed by atoms with Gasteiger partial charge in [0.25, 0.3) is 5.56 Å². The van der Waals surface area contributed by atoms with Crippen LogP contribution in [-0.4, -0.2) is 11.7 Å². The van der Waals surface area contributed by atoms with Crippen LogP contribution in [0, 0.1) is 11.3 Å². The van der Waals surface area contributed by atoms with E-state index in [1.807, 2.05) is 71.3 Å². The van der Waals surface area contributed by atoms with E-state index in [9.17, 15) is 10.1 Å². The van der Waals surface area contributed by atoms with E-state index in [4.69, 9.17) is 4.74 Å². The number of benzene rings is 3. The summed E-state index contributed by atoms with van der Waals surface area (Å²) >= 11 is 0. The Morgan fingerprint density at radius 3 is 2.15 bits per heavy atom. The highest BCUT2D eigenvalue weighted by atomic mass is 16.5. The van der Waals surface area contributed by atoms with E-state index < -0.39 is 0 Å². The van der Waals surface area contributed by atoms with Gasteiger partial charge in [-0.3, -0.25) is 4.79 Å². The van der Waals surface area contributed by atoms with Crippen LogP contribution in [0.2, 0.25) is 0 Å². The molecule has 0 fully saturated rings. The molecule has 0 N–H and O–H groups in total. The van der Waals surface area contributed by atoms with Gasteiger partial charge in [0.1, 0.15) is 5.75 Å². The van der Waals surface area contributed by atoms with Crippen molar-refractivity contribution in [3.8, 4) is 45.3 Å². The van der Waals surface area contributed by atoms with Gasteiger partial charge in [-0.1, -0.05) is 55.8 Å². The van der Waals surface area contributed by atoms with E-state index >= 15 is 0 Å². The molecule has 4 aromatic rings. The zero-order valence-corrected chi connectivity index (χ0v) is 18.9. The molecule has 0 atom stereocenters. The number of methoxy groups -OCH3 is 1. The van der Waals surface area contributed by atoms with Crippen LogP contribution in [0.3, 0.4) is 0 Å². The molecule has 33 heavy (non-hydrogen) atoms. The van der Waals surface area contributed by atoms with Crippen LogP contribution in [0.15, 0.2) is 89.7 Å². The van der Waals surface area contributed by atoms with Gasteiger partial charge in [0.2, 0.25) is 0 Å². The molecule has 1 heterocycles.